The molecule has 1 aromatic carbocycles. The van der Waals surface area contributed by atoms with Gasteiger partial charge in [0.1, 0.15) is 0 Å². The molecule has 0 saturated carbocycles. The van der Waals surface area contributed by atoms with Gasteiger partial charge in [-0.3, -0.25) is 19.5 Å². The molecule has 0 radical (unpaired) electrons. The number of carbonyl (C=O) groups is 1. The minimum absolute atomic E-state index is 0.577. The van der Waals surface area contributed by atoms with Crippen molar-refractivity contribution in [1.29, 1.82) is 0 Å². The van der Waals surface area contributed by atoms with E-state index in [1.165, 1.54) is 42.9 Å². The summed E-state index contributed by atoms with van der Waals surface area (Å²) in [5.41, 5.74) is 4.78. The summed E-state index contributed by atoms with van der Waals surface area (Å²) >= 11 is 0. The Morgan fingerprint density at radius 3 is 1.69 bits per heavy atom. The van der Waals surface area contributed by atoms with E-state index in [-0.39, 0.29) is 0 Å². The summed E-state index contributed by atoms with van der Waals surface area (Å²) in [6, 6.07) is 5.48. The second-order valence-corrected chi connectivity index (χ2v) is 10.3. The number of piperazine rings is 2. The zero-order chi connectivity index (χ0) is 22.7. The zero-order valence-corrected chi connectivity index (χ0v) is 20.7. The number of hydrogen-bond acceptors (Lipinski definition) is 6. The highest BCUT2D eigenvalue weighted by Crippen LogP contribution is 2.38. The van der Waals surface area contributed by atoms with Crippen LogP contribution in [0.5, 0.6) is 0 Å². The number of carbonyl (C=O) groups excluding carboxylic acids is 1. The highest BCUT2D eigenvalue weighted by Gasteiger charge is 2.29. The smallest absolute Gasteiger partial charge is 0.152 e. The normalized spacial score (nSPS) is 21.8. The van der Waals surface area contributed by atoms with Gasteiger partial charge in [-0.25, -0.2) is 0 Å². The number of aldehydes is 1. The van der Waals surface area contributed by atoms with Crippen molar-refractivity contribution in [2.75, 3.05) is 75.2 Å². The number of anilines is 2. The van der Waals surface area contributed by atoms with E-state index >= 15 is 0 Å². The van der Waals surface area contributed by atoms with E-state index in [0.717, 1.165) is 70.8 Å². The minimum atomic E-state index is 0.577. The van der Waals surface area contributed by atoms with Crippen LogP contribution in [0.4, 0.5) is 11.4 Å². The molecule has 3 heterocycles. The number of likely N-dealkylation sites (tertiary alicyclic amines) is 1. The molecule has 0 unspecified atom stereocenters. The highest BCUT2D eigenvalue weighted by molar-refractivity contribution is 5.92. The number of benzene rings is 1. The van der Waals surface area contributed by atoms with Crippen molar-refractivity contribution in [1.82, 2.24) is 14.7 Å². The molecule has 3 aliphatic rings. The van der Waals surface area contributed by atoms with Crippen LogP contribution in [0.1, 0.15) is 56.5 Å². The molecule has 0 amide bonds. The van der Waals surface area contributed by atoms with Crippen molar-refractivity contribution < 1.29 is 4.79 Å². The largest absolute Gasteiger partial charge is 0.367 e. The predicted octanol–water partition coefficient (Wildman–Crippen LogP) is 3.16. The van der Waals surface area contributed by atoms with E-state index in [4.69, 9.17) is 0 Å². The Morgan fingerprint density at radius 2 is 1.22 bits per heavy atom. The average Bonchev–Trinajstić information content (AvgIpc) is 3.32. The number of hydrogen-bond donors (Lipinski definition) is 0. The first kappa shape index (κ1) is 23.5. The Kier molecular flexibility index (Phi) is 7.74. The Balaban J connectivity index is 1.67. The van der Waals surface area contributed by atoms with Gasteiger partial charge in [-0.1, -0.05) is 6.07 Å². The lowest BCUT2D eigenvalue weighted by molar-refractivity contribution is 0.112. The van der Waals surface area contributed by atoms with Gasteiger partial charge < -0.3 is 9.80 Å². The van der Waals surface area contributed by atoms with E-state index in [9.17, 15) is 4.79 Å². The first-order valence-electron chi connectivity index (χ1n) is 12.8. The van der Waals surface area contributed by atoms with Crippen molar-refractivity contribution in [3.63, 3.8) is 0 Å². The van der Waals surface area contributed by atoms with Crippen molar-refractivity contribution in [2.24, 2.45) is 0 Å². The second kappa shape index (κ2) is 10.5. The zero-order valence-electron chi connectivity index (χ0n) is 20.7. The van der Waals surface area contributed by atoms with Crippen LogP contribution in [0.15, 0.2) is 12.1 Å². The standard InChI is InChI=1S/C26H43N5O/c1-21(2)28-11-15-30(16-12-28)25-23(19-27-9-5-6-10-27)7-8-24(20-32)26(25)31-17-13-29(14-18-31)22(3)4/h7-8,20-22H,5-6,9-19H2,1-4H3. The van der Waals surface area contributed by atoms with Crippen molar-refractivity contribution in [3.05, 3.63) is 23.3 Å². The molecule has 1 aromatic rings. The molecule has 3 fully saturated rings. The fraction of sp³-hybridized carbons (Fsp3) is 0.731. The summed E-state index contributed by atoms with van der Waals surface area (Å²) in [5.74, 6) is 0. The molecule has 0 atom stereocenters. The van der Waals surface area contributed by atoms with E-state index in [1.54, 1.807) is 0 Å². The third kappa shape index (κ3) is 5.13. The molecule has 4 rings (SSSR count). The van der Waals surface area contributed by atoms with Crippen LogP contribution in [-0.2, 0) is 6.54 Å². The van der Waals surface area contributed by atoms with Crippen molar-refractivity contribution >= 4 is 17.7 Å². The molecule has 0 bridgehead atoms. The molecule has 0 aliphatic carbocycles. The van der Waals surface area contributed by atoms with Crippen LogP contribution >= 0.6 is 0 Å². The van der Waals surface area contributed by atoms with Crippen LogP contribution in [0, 0.1) is 0 Å². The van der Waals surface area contributed by atoms with Crippen molar-refractivity contribution in [3.8, 4) is 0 Å². The van der Waals surface area contributed by atoms with Crippen LogP contribution in [0.25, 0.3) is 0 Å². The van der Waals surface area contributed by atoms with Gasteiger partial charge in [0.2, 0.25) is 0 Å². The number of rotatable bonds is 7. The van der Waals surface area contributed by atoms with Gasteiger partial charge in [0.05, 0.1) is 11.4 Å². The SMILES string of the molecule is CC(C)N1CCN(c2c(C=O)ccc(CN3CCCC3)c2N2CCN(C(C)C)CC2)CC1. The maximum Gasteiger partial charge on any atom is 0.152 e. The predicted molar refractivity (Wildman–Crippen MR) is 134 cm³/mol. The van der Waals surface area contributed by atoms with Gasteiger partial charge in [0.25, 0.3) is 0 Å². The van der Waals surface area contributed by atoms with Crippen LogP contribution < -0.4 is 9.80 Å². The molecule has 3 aliphatic heterocycles. The average molecular weight is 442 g/mol. The van der Waals surface area contributed by atoms with Gasteiger partial charge in [-0.2, -0.15) is 0 Å². The summed E-state index contributed by atoms with van der Waals surface area (Å²) in [7, 11) is 0. The van der Waals surface area contributed by atoms with Crippen LogP contribution in [0.3, 0.4) is 0 Å². The fourth-order valence-corrected chi connectivity index (χ4v) is 5.65. The Labute approximate surface area is 195 Å². The first-order chi connectivity index (χ1) is 15.5. The Hall–Kier alpha value is -1.63. The second-order valence-electron chi connectivity index (χ2n) is 10.3. The first-order valence-corrected chi connectivity index (χ1v) is 12.8. The third-order valence-electron chi connectivity index (χ3n) is 7.71. The van der Waals surface area contributed by atoms with E-state index in [0.29, 0.717) is 12.1 Å². The lowest BCUT2D eigenvalue weighted by atomic mass is 10.0. The van der Waals surface area contributed by atoms with E-state index in [2.05, 4.69) is 64.3 Å². The quantitative estimate of drug-likeness (QED) is 0.605. The Bertz CT molecular complexity index is 758. The fourth-order valence-electron chi connectivity index (χ4n) is 5.65. The van der Waals surface area contributed by atoms with Gasteiger partial charge in [-0.15, -0.1) is 0 Å². The maximum absolute atomic E-state index is 12.2. The molecule has 32 heavy (non-hydrogen) atoms. The molecule has 0 aromatic heterocycles. The van der Waals surface area contributed by atoms with Crippen molar-refractivity contribution in [2.45, 2.75) is 59.2 Å². The van der Waals surface area contributed by atoms with Gasteiger partial charge in [-0.05, 0) is 65.3 Å². The monoisotopic (exact) mass is 441 g/mol. The van der Waals surface area contributed by atoms with E-state index in [1.807, 2.05) is 0 Å². The summed E-state index contributed by atoms with van der Waals surface area (Å²) in [6.45, 7) is 20.9. The summed E-state index contributed by atoms with van der Waals surface area (Å²) in [5, 5.41) is 0. The topological polar surface area (TPSA) is 33.3 Å². The molecular formula is C26H43N5O. The summed E-state index contributed by atoms with van der Waals surface area (Å²) < 4.78 is 0. The molecule has 3 saturated heterocycles. The van der Waals surface area contributed by atoms with Crippen LogP contribution in [-0.4, -0.2) is 98.5 Å². The summed E-state index contributed by atoms with van der Waals surface area (Å²) in [6.07, 6.45) is 3.69. The van der Waals surface area contributed by atoms with E-state index < -0.39 is 0 Å². The van der Waals surface area contributed by atoms with Gasteiger partial charge in [0.15, 0.2) is 6.29 Å². The lowest BCUT2D eigenvalue weighted by Crippen LogP contribution is -2.51. The lowest BCUT2D eigenvalue weighted by Gasteiger charge is -2.43. The molecule has 6 nitrogen and oxygen atoms in total. The maximum atomic E-state index is 12.2. The molecule has 6 heteroatoms. The molecule has 178 valence electrons. The minimum Gasteiger partial charge on any atom is -0.367 e. The molecular weight excluding hydrogens is 398 g/mol. The summed E-state index contributed by atoms with van der Waals surface area (Å²) in [4.78, 5) is 25.0. The molecule has 0 N–H and O–H groups in total. The van der Waals surface area contributed by atoms with Crippen LogP contribution in [0.2, 0.25) is 0 Å². The highest BCUT2D eigenvalue weighted by atomic mass is 16.1. The van der Waals surface area contributed by atoms with Gasteiger partial charge >= 0.3 is 0 Å². The third-order valence-corrected chi connectivity index (χ3v) is 7.71. The molecule has 0 spiro atoms. The van der Waals surface area contributed by atoms with Gasteiger partial charge in [0, 0.05) is 76.5 Å². The Morgan fingerprint density at radius 1 is 0.719 bits per heavy atom. The number of nitrogens with zero attached hydrogens (tertiary/aromatic N) is 5.